The molecule has 0 aromatic heterocycles. The van der Waals surface area contributed by atoms with Gasteiger partial charge >= 0.3 is 0 Å². The number of hydrogen-bond acceptors (Lipinski definition) is 4. The van der Waals surface area contributed by atoms with Gasteiger partial charge in [-0.2, -0.15) is 0 Å². The maximum atomic E-state index is 9.99. The maximum absolute atomic E-state index is 9.99. The van der Waals surface area contributed by atoms with Gasteiger partial charge in [0.2, 0.25) is 0 Å². The van der Waals surface area contributed by atoms with Crippen molar-refractivity contribution >= 4 is 5.57 Å². The van der Waals surface area contributed by atoms with Gasteiger partial charge in [-0.15, -0.1) is 0 Å². The second-order valence-electron chi connectivity index (χ2n) is 9.06. The van der Waals surface area contributed by atoms with Gasteiger partial charge in [-0.3, -0.25) is 4.90 Å². The molecule has 1 aliphatic carbocycles. The van der Waals surface area contributed by atoms with Crippen LogP contribution in [0, 0.1) is 0 Å². The molecule has 0 bridgehead atoms. The van der Waals surface area contributed by atoms with Crippen LogP contribution in [-0.4, -0.2) is 36.2 Å². The van der Waals surface area contributed by atoms with E-state index in [1.165, 1.54) is 62.8 Å². The summed E-state index contributed by atoms with van der Waals surface area (Å²) < 4.78 is 12.5. The molecule has 2 heterocycles. The maximum Gasteiger partial charge on any atom is 0.145 e. The molecule has 2 aromatic rings. The number of hydrogen-bond donors (Lipinski definition) is 1. The van der Waals surface area contributed by atoms with Crippen molar-refractivity contribution in [2.75, 3.05) is 26.2 Å². The second kappa shape index (κ2) is 9.35. The number of benzene rings is 2. The Kier molecular flexibility index (Phi) is 6.17. The number of phenols is 1. The van der Waals surface area contributed by atoms with Crippen molar-refractivity contribution in [3.8, 4) is 17.2 Å². The van der Waals surface area contributed by atoms with Crippen molar-refractivity contribution in [1.29, 1.82) is 0 Å². The van der Waals surface area contributed by atoms with Gasteiger partial charge in [-0.25, -0.2) is 0 Å². The molecule has 4 nitrogen and oxygen atoms in total. The third-order valence-corrected chi connectivity index (χ3v) is 6.92. The van der Waals surface area contributed by atoms with E-state index in [4.69, 9.17) is 9.47 Å². The highest BCUT2D eigenvalue weighted by atomic mass is 16.5. The molecule has 0 amide bonds. The average Bonchev–Trinajstić information content (AvgIpc) is 3.06. The van der Waals surface area contributed by atoms with Crippen LogP contribution in [0.5, 0.6) is 17.2 Å². The Balaban J connectivity index is 1.32. The van der Waals surface area contributed by atoms with Gasteiger partial charge in [-0.1, -0.05) is 25.0 Å². The molecule has 1 unspecified atom stereocenters. The number of fused-ring (bicyclic) bond motifs is 2. The smallest absolute Gasteiger partial charge is 0.145 e. The van der Waals surface area contributed by atoms with Crippen LogP contribution < -0.4 is 9.47 Å². The Morgan fingerprint density at radius 3 is 2.52 bits per heavy atom. The zero-order chi connectivity index (χ0) is 21.0. The summed E-state index contributed by atoms with van der Waals surface area (Å²) in [5.74, 6) is 1.98. The van der Waals surface area contributed by atoms with E-state index < -0.39 is 0 Å². The van der Waals surface area contributed by atoms with Gasteiger partial charge in [0.15, 0.2) is 0 Å². The SMILES string of the molecule is Oc1ccc2c(c1)OC(c1ccc(OCCN3CCCCC3)cc1)C1=C2CCCCC1. The van der Waals surface area contributed by atoms with Crippen LogP contribution in [0.2, 0.25) is 0 Å². The second-order valence-corrected chi connectivity index (χ2v) is 9.06. The molecule has 2 aliphatic heterocycles. The van der Waals surface area contributed by atoms with E-state index in [1.54, 1.807) is 12.1 Å². The highest BCUT2D eigenvalue weighted by Gasteiger charge is 2.30. The zero-order valence-corrected chi connectivity index (χ0v) is 18.3. The van der Waals surface area contributed by atoms with Crippen molar-refractivity contribution < 1.29 is 14.6 Å². The molecule has 5 rings (SSSR count). The lowest BCUT2D eigenvalue weighted by Gasteiger charge is -2.31. The standard InChI is InChI=1S/C27H33NO3/c29-21-11-14-24-23-7-3-1-4-8-25(23)27(31-26(24)19-21)20-9-12-22(13-10-20)30-18-17-28-15-5-2-6-16-28/h9-14,19,27,29H,1-8,15-18H2. The number of ether oxygens (including phenoxy) is 2. The summed E-state index contributed by atoms with van der Waals surface area (Å²) in [6.45, 7) is 4.15. The van der Waals surface area contributed by atoms with Crippen LogP contribution in [-0.2, 0) is 0 Å². The van der Waals surface area contributed by atoms with Crippen molar-refractivity contribution in [3.05, 3.63) is 59.2 Å². The van der Waals surface area contributed by atoms with Gasteiger partial charge in [0.25, 0.3) is 0 Å². The number of nitrogens with zero attached hydrogens (tertiary/aromatic N) is 1. The van der Waals surface area contributed by atoms with E-state index in [2.05, 4.69) is 29.2 Å². The predicted octanol–water partition coefficient (Wildman–Crippen LogP) is 6.11. The van der Waals surface area contributed by atoms with Gasteiger partial charge in [-0.05, 0) is 92.6 Å². The summed E-state index contributed by atoms with van der Waals surface area (Å²) in [5.41, 5.74) is 5.15. The highest BCUT2D eigenvalue weighted by Crippen LogP contribution is 2.48. The number of piperidine rings is 1. The highest BCUT2D eigenvalue weighted by molar-refractivity contribution is 5.77. The first-order valence-electron chi connectivity index (χ1n) is 11.9. The molecule has 164 valence electrons. The van der Waals surface area contributed by atoms with Crippen LogP contribution in [0.15, 0.2) is 48.0 Å². The van der Waals surface area contributed by atoms with Crippen molar-refractivity contribution in [2.24, 2.45) is 0 Å². The molecule has 1 fully saturated rings. The molecule has 4 heteroatoms. The third-order valence-electron chi connectivity index (χ3n) is 6.92. The van der Waals surface area contributed by atoms with Crippen LogP contribution in [0.1, 0.15) is 68.6 Å². The Labute approximate surface area is 185 Å². The van der Waals surface area contributed by atoms with E-state index in [-0.39, 0.29) is 11.9 Å². The normalized spacial score (nSPS) is 21.6. The first kappa shape index (κ1) is 20.4. The Morgan fingerprint density at radius 1 is 0.903 bits per heavy atom. The molecule has 31 heavy (non-hydrogen) atoms. The first-order chi connectivity index (χ1) is 15.3. The van der Waals surface area contributed by atoms with Crippen LogP contribution in [0.25, 0.3) is 5.57 Å². The fourth-order valence-corrected chi connectivity index (χ4v) is 5.24. The summed E-state index contributed by atoms with van der Waals surface area (Å²) in [7, 11) is 0. The Hall–Kier alpha value is -2.46. The van der Waals surface area contributed by atoms with Gasteiger partial charge in [0, 0.05) is 18.2 Å². The molecule has 1 saturated heterocycles. The lowest BCUT2D eigenvalue weighted by atomic mass is 9.87. The fourth-order valence-electron chi connectivity index (χ4n) is 5.24. The summed E-state index contributed by atoms with van der Waals surface area (Å²) in [6, 6.07) is 14.0. The van der Waals surface area contributed by atoms with Crippen molar-refractivity contribution in [3.63, 3.8) is 0 Å². The van der Waals surface area contributed by atoms with Crippen LogP contribution in [0.3, 0.4) is 0 Å². The minimum atomic E-state index is -0.0789. The van der Waals surface area contributed by atoms with E-state index >= 15 is 0 Å². The third kappa shape index (κ3) is 4.59. The topological polar surface area (TPSA) is 41.9 Å². The van der Waals surface area contributed by atoms with E-state index in [1.807, 2.05) is 6.07 Å². The molecule has 0 saturated carbocycles. The largest absolute Gasteiger partial charge is 0.508 e. The summed E-state index contributed by atoms with van der Waals surface area (Å²) in [4.78, 5) is 2.50. The molecule has 2 aromatic carbocycles. The number of phenolic OH excluding ortho intramolecular Hbond substituents is 1. The minimum absolute atomic E-state index is 0.0789. The molecule has 1 atom stereocenters. The summed E-state index contributed by atoms with van der Waals surface area (Å²) in [5, 5.41) is 9.99. The molecule has 0 radical (unpaired) electrons. The van der Waals surface area contributed by atoms with E-state index in [0.29, 0.717) is 0 Å². The number of likely N-dealkylation sites (tertiary alicyclic amines) is 1. The number of rotatable bonds is 5. The van der Waals surface area contributed by atoms with Gasteiger partial charge in [0.05, 0.1) is 0 Å². The predicted molar refractivity (Wildman–Crippen MR) is 124 cm³/mol. The quantitative estimate of drug-likeness (QED) is 0.635. The molecule has 0 spiro atoms. The number of allylic oxidation sites excluding steroid dienone is 1. The summed E-state index contributed by atoms with van der Waals surface area (Å²) in [6.07, 6.45) is 9.77. The van der Waals surface area contributed by atoms with Gasteiger partial charge < -0.3 is 14.6 Å². The minimum Gasteiger partial charge on any atom is -0.508 e. The van der Waals surface area contributed by atoms with Crippen molar-refractivity contribution in [1.82, 2.24) is 4.90 Å². The monoisotopic (exact) mass is 419 g/mol. The van der Waals surface area contributed by atoms with E-state index in [0.717, 1.165) is 48.6 Å². The summed E-state index contributed by atoms with van der Waals surface area (Å²) >= 11 is 0. The number of aromatic hydroxyl groups is 1. The Bertz CT molecular complexity index is 928. The average molecular weight is 420 g/mol. The van der Waals surface area contributed by atoms with Crippen LogP contribution >= 0.6 is 0 Å². The van der Waals surface area contributed by atoms with Gasteiger partial charge in [0.1, 0.15) is 30.0 Å². The first-order valence-corrected chi connectivity index (χ1v) is 11.9. The lowest BCUT2D eigenvalue weighted by Crippen LogP contribution is -2.33. The van der Waals surface area contributed by atoms with Crippen molar-refractivity contribution in [2.45, 2.75) is 57.5 Å². The lowest BCUT2D eigenvalue weighted by molar-refractivity contribution is 0.183. The molecular formula is C27H33NO3. The molecular weight excluding hydrogens is 386 g/mol. The zero-order valence-electron chi connectivity index (χ0n) is 18.3. The van der Waals surface area contributed by atoms with E-state index in [9.17, 15) is 5.11 Å². The molecule has 3 aliphatic rings. The molecule has 1 N–H and O–H groups in total. The van der Waals surface area contributed by atoms with Crippen LogP contribution in [0.4, 0.5) is 0 Å². The fraction of sp³-hybridized carbons (Fsp3) is 0.481. The Morgan fingerprint density at radius 2 is 1.68 bits per heavy atom.